The van der Waals surface area contributed by atoms with Crippen LogP contribution in [0.3, 0.4) is 0 Å². The van der Waals surface area contributed by atoms with E-state index in [9.17, 15) is 9.59 Å². The van der Waals surface area contributed by atoms with Gasteiger partial charge in [0.25, 0.3) is 11.8 Å². The van der Waals surface area contributed by atoms with Gasteiger partial charge in [0.05, 0.1) is 16.1 Å². The molecule has 2 aromatic rings. The van der Waals surface area contributed by atoms with Crippen molar-refractivity contribution in [3.63, 3.8) is 0 Å². The summed E-state index contributed by atoms with van der Waals surface area (Å²) in [5.74, 6) is -0.582. The molecule has 2 heterocycles. The van der Waals surface area contributed by atoms with Gasteiger partial charge in [-0.05, 0) is 19.1 Å². The molecule has 0 saturated carbocycles. The first-order valence-corrected chi connectivity index (χ1v) is 7.11. The number of thiazole rings is 1. The third-order valence-corrected chi connectivity index (χ3v) is 4.27. The monoisotopic (exact) mass is 287 g/mol. The van der Waals surface area contributed by atoms with Gasteiger partial charge in [0.15, 0.2) is 0 Å². The van der Waals surface area contributed by atoms with Gasteiger partial charge >= 0.3 is 0 Å². The van der Waals surface area contributed by atoms with Gasteiger partial charge in [-0.2, -0.15) is 0 Å². The maximum atomic E-state index is 12.3. The molecule has 6 heteroatoms. The minimum atomic E-state index is -0.309. The molecule has 3 rings (SSSR count). The second-order valence-corrected chi connectivity index (χ2v) is 5.61. The van der Waals surface area contributed by atoms with E-state index < -0.39 is 0 Å². The van der Waals surface area contributed by atoms with Crippen molar-refractivity contribution in [1.82, 2.24) is 9.88 Å². The zero-order valence-corrected chi connectivity index (χ0v) is 11.7. The maximum Gasteiger partial charge on any atom is 0.263 e. The normalized spacial score (nSPS) is 13.9. The van der Waals surface area contributed by atoms with Gasteiger partial charge in [-0.1, -0.05) is 6.07 Å². The summed E-state index contributed by atoms with van der Waals surface area (Å²) in [6.45, 7) is 2.25. The molecule has 0 fully saturated rings. The molecule has 0 atom stereocenters. The SMILES string of the molecule is Cc1csc(CCN2C(=O)c3cccc(N)c3C2=O)n1. The molecular formula is C14H13N3O2S. The smallest absolute Gasteiger partial charge is 0.263 e. The summed E-state index contributed by atoms with van der Waals surface area (Å²) in [6, 6.07) is 4.96. The topological polar surface area (TPSA) is 76.3 Å². The van der Waals surface area contributed by atoms with Gasteiger partial charge in [0, 0.05) is 29.7 Å². The lowest BCUT2D eigenvalue weighted by atomic mass is 10.1. The first kappa shape index (κ1) is 12.8. The number of hydrogen-bond donors (Lipinski definition) is 1. The summed E-state index contributed by atoms with van der Waals surface area (Å²) < 4.78 is 0. The lowest BCUT2D eigenvalue weighted by molar-refractivity contribution is 0.0656. The molecule has 1 aromatic carbocycles. The Bertz CT molecular complexity index is 708. The highest BCUT2D eigenvalue weighted by molar-refractivity contribution is 7.09. The molecule has 0 aliphatic carbocycles. The van der Waals surface area contributed by atoms with Crippen LogP contribution in [0.25, 0.3) is 0 Å². The number of aryl methyl sites for hydroxylation is 1. The van der Waals surface area contributed by atoms with E-state index in [1.165, 1.54) is 16.2 Å². The molecule has 0 radical (unpaired) electrons. The van der Waals surface area contributed by atoms with Crippen LogP contribution in [0.2, 0.25) is 0 Å². The number of hydrogen-bond acceptors (Lipinski definition) is 5. The summed E-state index contributed by atoms with van der Waals surface area (Å²) >= 11 is 1.54. The van der Waals surface area contributed by atoms with Crippen molar-refractivity contribution in [1.29, 1.82) is 0 Å². The molecule has 102 valence electrons. The Morgan fingerprint density at radius 2 is 2.10 bits per heavy atom. The molecule has 0 spiro atoms. The van der Waals surface area contributed by atoms with Gasteiger partial charge in [-0.3, -0.25) is 14.5 Å². The fraction of sp³-hybridized carbons (Fsp3) is 0.214. The van der Waals surface area contributed by atoms with Crippen molar-refractivity contribution in [3.05, 3.63) is 45.4 Å². The Labute approximate surface area is 120 Å². The van der Waals surface area contributed by atoms with E-state index in [0.717, 1.165) is 10.7 Å². The van der Waals surface area contributed by atoms with Crippen LogP contribution in [0.4, 0.5) is 5.69 Å². The van der Waals surface area contributed by atoms with Crippen LogP contribution in [-0.2, 0) is 6.42 Å². The van der Waals surface area contributed by atoms with Crippen LogP contribution >= 0.6 is 11.3 Å². The van der Waals surface area contributed by atoms with Crippen molar-refractivity contribution in [2.75, 3.05) is 12.3 Å². The molecular weight excluding hydrogens is 274 g/mol. The minimum absolute atomic E-state index is 0.273. The Kier molecular flexibility index (Phi) is 3.02. The van der Waals surface area contributed by atoms with Crippen LogP contribution in [0.5, 0.6) is 0 Å². The average Bonchev–Trinajstić information content (AvgIpc) is 2.93. The quantitative estimate of drug-likeness (QED) is 0.690. The zero-order chi connectivity index (χ0) is 14.3. The molecule has 0 saturated heterocycles. The first-order chi connectivity index (χ1) is 9.58. The van der Waals surface area contributed by atoms with Gasteiger partial charge in [-0.25, -0.2) is 4.98 Å². The number of nitrogens with zero attached hydrogens (tertiary/aromatic N) is 2. The van der Waals surface area contributed by atoms with E-state index in [-0.39, 0.29) is 11.8 Å². The fourth-order valence-corrected chi connectivity index (χ4v) is 3.05. The number of imide groups is 1. The van der Waals surface area contributed by atoms with Crippen LogP contribution in [0.1, 0.15) is 31.4 Å². The lowest BCUT2D eigenvalue weighted by Crippen LogP contribution is -2.31. The number of fused-ring (bicyclic) bond motifs is 1. The third kappa shape index (κ3) is 1.98. The number of nitrogens with two attached hydrogens (primary N) is 1. The summed E-state index contributed by atoms with van der Waals surface area (Å²) in [7, 11) is 0. The molecule has 1 aromatic heterocycles. The summed E-state index contributed by atoms with van der Waals surface area (Å²) in [5, 5.41) is 2.88. The summed E-state index contributed by atoms with van der Waals surface area (Å²) in [6.07, 6.45) is 0.573. The van der Waals surface area contributed by atoms with Crippen molar-refractivity contribution >= 4 is 28.8 Å². The van der Waals surface area contributed by atoms with Crippen LogP contribution in [0.15, 0.2) is 23.6 Å². The van der Waals surface area contributed by atoms with Crippen molar-refractivity contribution < 1.29 is 9.59 Å². The van der Waals surface area contributed by atoms with Crippen molar-refractivity contribution in [3.8, 4) is 0 Å². The van der Waals surface area contributed by atoms with E-state index >= 15 is 0 Å². The molecule has 1 aliphatic rings. The van der Waals surface area contributed by atoms with E-state index in [1.807, 2.05) is 12.3 Å². The third-order valence-electron chi connectivity index (χ3n) is 3.25. The Morgan fingerprint density at radius 3 is 2.75 bits per heavy atom. The van der Waals surface area contributed by atoms with Crippen LogP contribution < -0.4 is 5.73 Å². The summed E-state index contributed by atoms with van der Waals surface area (Å²) in [5.41, 5.74) is 7.82. The first-order valence-electron chi connectivity index (χ1n) is 6.23. The Morgan fingerprint density at radius 1 is 1.30 bits per heavy atom. The molecule has 1 aliphatic heterocycles. The number of carbonyl (C=O) groups is 2. The van der Waals surface area contributed by atoms with E-state index in [2.05, 4.69) is 4.98 Å². The highest BCUT2D eigenvalue weighted by Crippen LogP contribution is 2.27. The highest BCUT2D eigenvalue weighted by atomic mass is 32.1. The number of benzene rings is 1. The average molecular weight is 287 g/mol. The standard InChI is InChI=1S/C14H13N3O2S/c1-8-7-20-11(16-8)5-6-17-13(18)9-3-2-4-10(15)12(9)14(17)19/h2-4,7H,5-6,15H2,1H3. The van der Waals surface area contributed by atoms with Gasteiger partial charge in [0.2, 0.25) is 0 Å². The predicted octanol–water partition coefficient (Wildman–Crippen LogP) is 1.87. The minimum Gasteiger partial charge on any atom is -0.398 e. The van der Waals surface area contributed by atoms with Gasteiger partial charge < -0.3 is 5.73 Å². The van der Waals surface area contributed by atoms with Crippen molar-refractivity contribution in [2.24, 2.45) is 0 Å². The maximum absolute atomic E-state index is 12.3. The molecule has 20 heavy (non-hydrogen) atoms. The second-order valence-electron chi connectivity index (χ2n) is 4.66. The van der Waals surface area contributed by atoms with E-state index in [0.29, 0.717) is 29.8 Å². The van der Waals surface area contributed by atoms with E-state index in [1.54, 1.807) is 18.2 Å². The number of carbonyl (C=O) groups excluding carboxylic acids is 2. The zero-order valence-electron chi connectivity index (χ0n) is 10.9. The fourth-order valence-electron chi connectivity index (χ4n) is 2.29. The molecule has 5 nitrogen and oxygen atoms in total. The number of nitrogen functional groups attached to an aromatic ring is 1. The number of anilines is 1. The molecule has 0 unspecified atom stereocenters. The Hall–Kier alpha value is -2.21. The van der Waals surface area contributed by atoms with Gasteiger partial charge in [-0.15, -0.1) is 11.3 Å². The van der Waals surface area contributed by atoms with Crippen LogP contribution in [-0.4, -0.2) is 28.2 Å². The number of rotatable bonds is 3. The number of amides is 2. The molecule has 0 bridgehead atoms. The number of aromatic nitrogens is 1. The molecule has 2 N–H and O–H groups in total. The van der Waals surface area contributed by atoms with E-state index in [4.69, 9.17) is 5.73 Å². The predicted molar refractivity (Wildman–Crippen MR) is 76.8 cm³/mol. The lowest BCUT2D eigenvalue weighted by Gasteiger charge is -2.12. The largest absolute Gasteiger partial charge is 0.398 e. The summed E-state index contributed by atoms with van der Waals surface area (Å²) in [4.78, 5) is 30.1. The van der Waals surface area contributed by atoms with Crippen molar-refractivity contribution in [2.45, 2.75) is 13.3 Å². The Balaban J connectivity index is 1.81. The van der Waals surface area contributed by atoms with Crippen LogP contribution in [0, 0.1) is 6.92 Å². The highest BCUT2D eigenvalue weighted by Gasteiger charge is 2.36. The van der Waals surface area contributed by atoms with Gasteiger partial charge in [0.1, 0.15) is 0 Å². The molecule has 2 amide bonds. The second kappa shape index (κ2) is 4.72.